The van der Waals surface area contributed by atoms with Gasteiger partial charge in [-0.3, -0.25) is 0 Å². The quantitative estimate of drug-likeness (QED) is 0.618. The number of nitrogens with zero attached hydrogens (tertiary/aromatic N) is 1. The van der Waals surface area contributed by atoms with Gasteiger partial charge in [-0.15, -0.1) is 0 Å². The lowest BCUT2D eigenvalue weighted by molar-refractivity contribution is 0.0733. The molecule has 3 nitrogen and oxygen atoms in total. The molecule has 2 rings (SSSR count). The molecule has 0 aliphatic rings. The lowest BCUT2D eigenvalue weighted by atomic mass is 9.83. The average molecular weight is 287 g/mol. The van der Waals surface area contributed by atoms with E-state index in [-0.39, 0.29) is 11.2 Å². The van der Waals surface area contributed by atoms with Crippen LogP contribution in [-0.2, 0) is 5.41 Å². The maximum atomic E-state index is 12.7. The molecule has 4 heteroatoms. The van der Waals surface area contributed by atoms with Gasteiger partial charge in [-0.05, 0) is 47.7 Å². The normalized spacial score (nSPS) is 11.3. The number of halogens is 1. The van der Waals surface area contributed by atoms with Crippen LogP contribution in [0.4, 0.5) is 4.39 Å². The van der Waals surface area contributed by atoms with Crippen LogP contribution >= 0.6 is 0 Å². The van der Waals surface area contributed by atoms with Gasteiger partial charge in [0, 0.05) is 0 Å². The molecule has 1 heterocycles. The Morgan fingerprint density at radius 3 is 2.43 bits per heavy atom. The summed E-state index contributed by atoms with van der Waals surface area (Å²) in [5.41, 5.74) is 2.70. The molecular formula is C17H18FNO2. The molecule has 0 aliphatic heterocycles. The summed E-state index contributed by atoms with van der Waals surface area (Å²) in [6, 6.07) is 8.01. The highest BCUT2D eigenvalue weighted by Crippen LogP contribution is 2.26. The van der Waals surface area contributed by atoms with Crippen LogP contribution in [0.2, 0.25) is 0 Å². The fraction of sp³-hybridized carbons (Fsp3) is 0.294. The Balaban J connectivity index is 2.20. The van der Waals surface area contributed by atoms with Gasteiger partial charge in [0.2, 0.25) is 5.95 Å². The molecule has 0 spiro atoms. The van der Waals surface area contributed by atoms with Crippen molar-refractivity contribution in [3.63, 3.8) is 0 Å². The standard InChI is InChI=1S/C17H18FNO2/c1-11-9-12(5-7-14(11)17(2,3)4)16(20)21-13-6-8-15(18)19-10-13/h5-10H,1-4H3. The van der Waals surface area contributed by atoms with Crippen LogP contribution in [0.25, 0.3) is 0 Å². The van der Waals surface area contributed by atoms with Crippen LogP contribution in [0.3, 0.4) is 0 Å². The number of aryl methyl sites for hydroxylation is 1. The van der Waals surface area contributed by atoms with Crippen molar-refractivity contribution in [1.82, 2.24) is 4.98 Å². The van der Waals surface area contributed by atoms with E-state index in [2.05, 4.69) is 25.8 Å². The summed E-state index contributed by atoms with van der Waals surface area (Å²) in [7, 11) is 0. The number of hydrogen-bond donors (Lipinski definition) is 0. The molecular weight excluding hydrogens is 269 g/mol. The van der Waals surface area contributed by atoms with E-state index in [0.29, 0.717) is 5.56 Å². The first-order valence-corrected chi connectivity index (χ1v) is 6.72. The van der Waals surface area contributed by atoms with Crippen LogP contribution in [0.15, 0.2) is 36.5 Å². The minimum Gasteiger partial charge on any atom is -0.421 e. The number of carbonyl (C=O) groups is 1. The third-order valence-electron chi connectivity index (χ3n) is 3.18. The van der Waals surface area contributed by atoms with E-state index in [0.717, 1.165) is 11.6 Å². The van der Waals surface area contributed by atoms with Crippen molar-refractivity contribution >= 4 is 5.97 Å². The molecule has 110 valence electrons. The van der Waals surface area contributed by atoms with Gasteiger partial charge in [0.1, 0.15) is 5.75 Å². The summed E-state index contributed by atoms with van der Waals surface area (Å²) >= 11 is 0. The highest BCUT2D eigenvalue weighted by atomic mass is 19.1. The van der Waals surface area contributed by atoms with Crippen LogP contribution in [0.1, 0.15) is 42.3 Å². The van der Waals surface area contributed by atoms with Gasteiger partial charge in [0.25, 0.3) is 0 Å². The molecule has 21 heavy (non-hydrogen) atoms. The highest BCUT2D eigenvalue weighted by Gasteiger charge is 2.18. The van der Waals surface area contributed by atoms with Crippen molar-refractivity contribution in [3.05, 3.63) is 59.2 Å². The first-order chi connectivity index (χ1) is 9.77. The predicted octanol–water partition coefficient (Wildman–Crippen LogP) is 4.05. The Labute approximate surface area is 123 Å². The lowest BCUT2D eigenvalue weighted by Gasteiger charge is -2.22. The second-order valence-corrected chi connectivity index (χ2v) is 5.99. The van der Waals surface area contributed by atoms with Crippen molar-refractivity contribution in [1.29, 1.82) is 0 Å². The summed E-state index contributed by atoms with van der Waals surface area (Å²) in [5.74, 6) is -0.869. The van der Waals surface area contributed by atoms with E-state index in [1.54, 1.807) is 12.1 Å². The zero-order valence-corrected chi connectivity index (χ0v) is 12.6. The Morgan fingerprint density at radius 1 is 1.19 bits per heavy atom. The highest BCUT2D eigenvalue weighted by molar-refractivity contribution is 5.91. The van der Waals surface area contributed by atoms with Crippen molar-refractivity contribution in [2.24, 2.45) is 0 Å². The van der Waals surface area contributed by atoms with Crippen LogP contribution in [0.5, 0.6) is 5.75 Å². The summed E-state index contributed by atoms with van der Waals surface area (Å²) in [5, 5.41) is 0. The number of benzene rings is 1. The van der Waals surface area contributed by atoms with Crippen LogP contribution < -0.4 is 4.74 Å². The predicted molar refractivity (Wildman–Crippen MR) is 79.0 cm³/mol. The van der Waals surface area contributed by atoms with Crippen LogP contribution in [0, 0.1) is 12.9 Å². The zero-order valence-electron chi connectivity index (χ0n) is 12.6. The van der Waals surface area contributed by atoms with Crippen molar-refractivity contribution in [2.75, 3.05) is 0 Å². The number of carbonyl (C=O) groups excluding carboxylic acids is 1. The van der Waals surface area contributed by atoms with E-state index in [4.69, 9.17) is 4.74 Å². The molecule has 1 aromatic carbocycles. The van der Waals surface area contributed by atoms with Gasteiger partial charge in [-0.1, -0.05) is 26.8 Å². The first kappa shape index (κ1) is 15.2. The monoisotopic (exact) mass is 287 g/mol. The Morgan fingerprint density at radius 2 is 1.90 bits per heavy atom. The van der Waals surface area contributed by atoms with Crippen LogP contribution in [-0.4, -0.2) is 11.0 Å². The Kier molecular flexibility index (Phi) is 4.07. The first-order valence-electron chi connectivity index (χ1n) is 6.72. The van der Waals surface area contributed by atoms with E-state index >= 15 is 0 Å². The van der Waals surface area contributed by atoms with Crippen molar-refractivity contribution < 1.29 is 13.9 Å². The van der Waals surface area contributed by atoms with Gasteiger partial charge in [-0.25, -0.2) is 9.78 Å². The van der Waals surface area contributed by atoms with E-state index in [1.807, 2.05) is 13.0 Å². The fourth-order valence-corrected chi connectivity index (χ4v) is 2.22. The van der Waals surface area contributed by atoms with E-state index in [1.165, 1.54) is 17.8 Å². The smallest absolute Gasteiger partial charge is 0.343 e. The molecule has 0 saturated heterocycles. The number of aromatic nitrogens is 1. The summed E-state index contributed by atoms with van der Waals surface area (Å²) in [6.07, 6.45) is 1.18. The topological polar surface area (TPSA) is 39.2 Å². The van der Waals surface area contributed by atoms with Gasteiger partial charge in [0.05, 0.1) is 11.8 Å². The molecule has 0 fully saturated rings. The van der Waals surface area contributed by atoms with Gasteiger partial charge >= 0.3 is 5.97 Å². The number of ether oxygens (including phenoxy) is 1. The lowest BCUT2D eigenvalue weighted by Crippen LogP contribution is -2.15. The molecule has 0 atom stereocenters. The zero-order chi connectivity index (χ0) is 15.6. The SMILES string of the molecule is Cc1cc(C(=O)Oc2ccc(F)nc2)ccc1C(C)(C)C. The molecule has 1 aromatic heterocycles. The number of esters is 1. The minimum absolute atomic E-state index is 0.0212. The average Bonchev–Trinajstić information content (AvgIpc) is 2.39. The Bertz CT molecular complexity index is 657. The molecule has 0 aliphatic carbocycles. The third kappa shape index (κ3) is 3.66. The van der Waals surface area contributed by atoms with Gasteiger partial charge < -0.3 is 4.74 Å². The fourth-order valence-electron chi connectivity index (χ4n) is 2.22. The largest absolute Gasteiger partial charge is 0.421 e. The second kappa shape index (κ2) is 5.64. The minimum atomic E-state index is -0.611. The number of hydrogen-bond acceptors (Lipinski definition) is 3. The maximum absolute atomic E-state index is 12.7. The third-order valence-corrected chi connectivity index (χ3v) is 3.18. The molecule has 0 saturated carbocycles. The summed E-state index contributed by atoms with van der Waals surface area (Å²) < 4.78 is 17.9. The van der Waals surface area contributed by atoms with Crippen molar-refractivity contribution in [3.8, 4) is 5.75 Å². The second-order valence-electron chi connectivity index (χ2n) is 5.99. The van der Waals surface area contributed by atoms with Gasteiger partial charge in [-0.2, -0.15) is 4.39 Å². The molecule has 0 amide bonds. The number of rotatable bonds is 2. The molecule has 0 unspecified atom stereocenters. The van der Waals surface area contributed by atoms with E-state index in [9.17, 15) is 9.18 Å². The van der Waals surface area contributed by atoms with Gasteiger partial charge in [0.15, 0.2) is 0 Å². The van der Waals surface area contributed by atoms with Crippen molar-refractivity contribution in [2.45, 2.75) is 33.1 Å². The molecule has 0 N–H and O–H groups in total. The summed E-state index contributed by atoms with van der Waals surface area (Å²) in [4.78, 5) is 15.5. The summed E-state index contributed by atoms with van der Waals surface area (Å²) in [6.45, 7) is 8.34. The van der Waals surface area contributed by atoms with E-state index < -0.39 is 11.9 Å². The molecule has 0 bridgehead atoms. The number of pyridine rings is 1. The molecule has 2 aromatic rings. The maximum Gasteiger partial charge on any atom is 0.343 e. The Hall–Kier alpha value is -2.23. The molecule has 0 radical (unpaired) electrons.